The molecule has 0 aliphatic carbocycles. The summed E-state index contributed by atoms with van der Waals surface area (Å²) in [4.78, 5) is 0. The summed E-state index contributed by atoms with van der Waals surface area (Å²) in [5.41, 5.74) is 8.05. The molecule has 2 nitrogen and oxygen atoms in total. The monoisotopic (exact) mass is 270 g/mol. The molecule has 0 radical (unpaired) electrons. The molecule has 0 aromatic heterocycles. The predicted octanol–water partition coefficient (Wildman–Crippen LogP) is 3.30. The second-order valence-corrected chi connectivity index (χ2v) is 5.42. The van der Waals surface area contributed by atoms with Crippen LogP contribution in [0.4, 0.5) is 5.69 Å². The van der Waals surface area contributed by atoms with Crippen LogP contribution in [-0.2, 0) is 0 Å². The molecule has 0 spiro atoms. The maximum atomic E-state index is 5.58. The van der Waals surface area contributed by atoms with E-state index in [2.05, 4.69) is 54.2 Å². The summed E-state index contributed by atoms with van der Waals surface area (Å²) < 4.78 is 1.11. The fourth-order valence-corrected chi connectivity index (χ4v) is 2.03. The van der Waals surface area contributed by atoms with Crippen LogP contribution in [-0.4, -0.2) is 12.1 Å². The van der Waals surface area contributed by atoms with Crippen molar-refractivity contribution in [1.82, 2.24) is 0 Å². The third kappa shape index (κ3) is 3.84. The van der Waals surface area contributed by atoms with Crippen molar-refractivity contribution in [2.45, 2.75) is 32.7 Å². The minimum atomic E-state index is 0.0489. The number of halogens is 1. The van der Waals surface area contributed by atoms with Crippen LogP contribution in [0.3, 0.4) is 0 Å². The number of benzene rings is 1. The lowest BCUT2D eigenvalue weighted by Crippen LogP contribution is -2.33. The third-order valence-electron chi connectivity index (χ3n) is 2.43. The summed E-state index contributed by atoms with van der Waals surface area (Å²) in [6, 6.07) is 6.26. The molecule has 0 heterocycles. The minimum Gasteiger partial charge on any atom is -0.380 e. The van der Waals surface area contributed by atoms with Gasteiger partial charge in [0, 0.05) is 15.7 Å². The summed E-state index contributed by atoms with van der Waals surface area (Å²) >= 11 is 3.46. The normalized spacial score (nSPS) is 11.5. The van der Waals surface area contributed by atoms with Crippen molar-refractivity contribution in [1.29, 1.82) is 0 Å². The van der Waals surface area contributed by atoms with Crippen molar-refractivity contribution in [3.8, 4) is 0 Å². The Kier molecular flexibility index (Phi) is 4.17. The average molecular weight is 271 g/mol. The van der Waals surface area contributed by atoms with Gasteiger partial charge in [0.05, 0.1) is 0 Å². The smallest absolute Gasteiger partial charge is 0.0374 e. The lowest BCUT2D eigenvalue weighted by molar-refractivity contribution is 0.526. The van der Waals surface area contributed by atoms with E-state index in [4.69, 9.17) is 5.73 Å². The molecule has 15 heavy (non-hydrogen) atoms. The van der Waals surface area contributed by atoms with Crippen LogP contribution < -0.4 is 11.1 Å². The quantitative estimate of drug-likeness (QED) is 0.881. The summed E-state index contributed by atoms with van der Waals surface area (Å²) in [5.74, 6) is 0. The van der Waals surface area contributed by atoms with Gasteiger partial charge in [0.15, 0.2) is 0 Å². The molecular formula is C12H19BrN2. The standard InChI is InChI=1S/C12H19BrN2/c1-9-8-10(13)4-5-11(9)15-12(2,3)6-7-14/h4-5,8,15H,6-7,14H2,1-3H3. The van der Waals surface area contributed by atoms with Crippen molar-refractivity contribution in [2.75, 3.05) is 11.9 Å². The molecule has 1 aromatic carbocycles. The first-order chi connectivity index (χ1) is 6.94. The Morgan fingerprint density at radius 2 is 2.07 bits per heavy atom. The van der Waals surface area contributed by atoms with E-state index >= 15 is 0 Å². The summed E-state index contributed by atoms with van der Waals surface area (Å²) in [6.45, 7) is 7.14. The van der Waals surface area contributed by atoms with Crippen LogP contribution in [0.25, 0.3) is 0 Å². The highest BCUT2D eigenvalue weighted by molar-refractivity contribution is 9.10. The number of hydrogen-bond donors (Lipinski definition) is 2. The molecule has 1 rings (SSSR count). The molecule has 0 atom stereocenters. The van der Waals surface area contributed by atoms with Gasteiger partial charge >= 0.3 is 0 Å². The fraction of sp³-hybridized carbons (Fsp3) is 0.500. The number of hydrogen-bond acceptors (Lipinski definition) is 2. The van der Waals surface area contributed by atoms with Crippen LogP contribution in [0.15, 0.2) is 22.7 Å². The zero-order chi connectivity index (χ0) is 11.5. The van der Waals surface area contributed by atoms with Gasteiger partial charge in [-0.15, -0.1) is 0 Å². The van der Waals surface area contributed by atoms with Crippen LogP contribution >= 0.6 is 15.9 Å². The number of nitrogens with two attached hydrogens (primary N) is 1. The predicted molar refractivity (Wildman–Crippen MR) is 70.3 cm³/mol. The molecule has 0 unspecified atom stereocenters. The Balaban J connectivity index is 2.80. The molecule has 0 fully saturated rings. The Morgan fingerprint density at radius 3 is 2.60 bits per heavy atom. The summed E-state index contributed by atoms with van der Waals surface area (Å²) in [5, 5.41) is 3.51. The van der Waals surface area contributed by atoms with Gasteiger partial charge in [0.2, 0.25) is 0 Å². The maximum absolute atomic E-state index is 5.58. The van der Waals surface area contributed by atoms with Gasteiger partial charge in [-0.2, -0.15) is 0 Å². The van der Waals surface area contributed by atoms with E-state index in [0.29, 0.717) is 6.54 Å². The highest BCUT2D eigenvalue weighted by atomic mass is 79.9. The van der Waals surface area contributed by atoms with Crippen molar-refractivity contribution >= 4 is 21.6 Å². The Hall–Kier alpha value is -0.540. The molecule has 3 N–H and O–H groups in total. The zero-order valence-electron chi connectivity index (χ0n) is 9.60. The number of rotatable bonds is 4. The molecule has 0 bridgehead atoms. The molecule has 84 valence electrons. The maximum Gasteiger partial charge on any atom is 0.0374 e. The largest absolute Gasteiger partial charge is 0.380 e. The van der Waals surface area contributed by atoms with Gasteiger partial charge in [-0.25, -0.2) is 0 Å². The third-order valence-corrected chi connectivity index (χ3v) is 2.92. The highest BCUT2D eigenvalue weighted by Crippen LogP contribution is 2.24. The van der Waals surface area contributed by atoms with Crippen LogP contribution in [0, 0.1) is 6.92 Å². The van der Waals surface area contributed by atoms with E-state index in [1.54, 1.807) is 0 Å². The Bertz CT molecular complexity index is 334. The molecule has 0 amide bonds. The van der Waals surface area contributed by atoms with E-state index in [0.717, 1.165) is 10.9 Å². The van der Waals surface area contributed by atoms with Gasteiger partial charge < -0.3 is 11.1 Å². The number of aryl methyl sites for hydroxylation is 1. The lowest BCUT2D eigenvalue weighted by Gasteiger charge is -2.28. The first-order valence-electron chi connectivity index (χ1n) is 5.19. The van der Waals surface area contributed by atoms with Crippen LogP contribution in [0.1, 0.15) is 25.8 Å². The van der Waals surface area contributed by atoms with E-state index in [1.807, 2.05) is 6.07 Å². The Labute approximate surface area is 100 Å². The van der Waals surface area contributed by atoms with E-state index in [-0.39, 0.29) is 5.54 Å². The summed E-state index contributed by atoms with van der Waals surface area (Å²) in [6.07, 6.45) is 0.961. The van der Waals surface area contributed by atoms with Gasteiger partial charge in [0.25, 0.3) is 0 Å². The first kappa shape index (κ1) is 12.5. The van der Waals surface area contributed by atoms with E-state index < -0.39 is 0 Å². The zero-order valence-corrected chi connectivity index (χ0v) is 11.2. The number of nitrogens with one attached hydrogen (secondary N) is 1. The van der Waals surface area contributed by atoms with Gasteiger partial charge in [-0.05, 0) is 57.5 Å². The molecule has 0 saturated carbocycles. The second kappa shape index (κ2) is 4.99. The molecule has 0 aliphatic rings. The van der Waals surface area contributed by atoms with Gasteiger partial charge in [-0.1, -0.05) is 15.9 Å². The average Bonchev–Trinajstić information content (AvgIpc) is 2.09. The fourth-order valence-electron chi connectivity index (χ4n) is 1.56. The Morgan fingerprint density at radius 1 is 1.40 bits per heavy atom. The van der Waals surface area contributed by atoms with Crippen molar-refractivity contribution in [3.63, 3.8) is 0 Å². The van der Waals surface area contributed by atoms with Crippen molar-refractivity contribution in [3.05, 3.63) is 28.2 Å². The van der Waals surface area contributed by atoms with Crippen LogP contribution in [0.2, 0.25) is 0 Å². The van der Waals surface area contributed by atoms with Gasteiger partial charge in [-0.3, -0.25) is 0 Å². The molecule has 0 aliphatic heterocycles. The first-order valence-corrected chi connectivity index (χ1v) is 5.98. The number of anilines is 1. The van der Waals surface area contributed by atoms with Crippen molar-refractivity contribution < 1.29 is 0 Å². The molecule has 0 saturated heterocycles. The summed E-state index contributed by atoms with van der Waals surface area (Å²) in [7, 11) is 0. The molecule has 1 aromatic rings. The van der Waals surface area contributed by atoms with Crippen molar-refractivity contribution in [2.24, 2.45) is 5.73 Å². The van der Waals surface area contributed by atoms with E-state index in [1.165, 1.54) is 11.3 Å². The molecular weight excluding hydrogens is 252 g/mol. The highest BCUT2D eigenvalue weighted by Gasteiger charge is 2.16. The van der Waals surface area contributed by atoms with E-state index in [9.17, 15) is 0 Å². The second-order valence-electron chi connectivity index (χ2n) is 4.51. The molecule has 3 heteroatoms. The SMILES string of the molecule is Cc1cc(Br)ccc1NC(C)(C)CCN. The van der Waals surface area contributed by atoms with Crippen LogP contribution in [0.5, 0.6) is 0 Å². The minimum absolute atomic E-state index is 0.0489. The lowest BCUT2D eigenvalue weighted by atomic mass is 9.99. The topological polar surface area (TPSA) is 38.0 Å². The van der Waals surface area contributed by atoms with Gasteiger partial charge in [0.1, 0.15) is 0 Å².